The number of H-pyrrole nitrogens is 1. The molecule has 0 saturated heterocycles. The van der Waals surface area contributed by atoms with Crippen LogP contribution in [0.4, 0.5) is 13.2 Å². The van der Waals surface area contributed by atoms with E-state index < -0.39 is 29.6 Å². The minimum atomic E-state index is -4.83. The number of carbonyl (C=O) groups excluding carboxylic acids is 1. The van der Waals surface area contributed by atoms with Gasteiger partial charge in [0.1, 0.15) is 5.52 Å². The van der Waals surface area contributed by atoms with Crippen molar-refractivity contribution < 1.29 is 26.8 Å². The second-order valence-electron chi connectivity index (χ2n) is 6.61. The number of rotatable bonds is 2. The van der Waals surface area contributed by atoms with Crippen LogP contribution in [0.3, 0.4) is 0 Å². The molecule has 0 fully saturated rings. The Bertz CT molecular complexity index is 1260. The predicted octanol–water partition coefficient (Wildman–Crippen LogP) is 4.11. The topological polar surface area (TPSA) is 101 Å². The molecule has 0 unspecified atom stereocenters. The molecule has 0 radical (unpaired) electrons. The molecule has 1 atom stereocenters. The molecular formula is C18H11BrF3N5O3. The number of fused-ring (bicyclic) bond motifs is 2. The third-order valence-electron chi connectivity index (χ3n) is 4.82. The highest BCUT2D eigenvalue weighted by Gasteiger charge is 2.44. The molecular weight excluding hydrogens is 471 g/mol. The molecule has 1 amide bonds. The van der Waals surface area contributed by atoms with E-state index in [1.165, 1.54) is 11.2 Å². The first kappa shape index (κ1) is 18.9. The molecule has 8 nitrogen and oxygen atoms in total. The van der Waals surface area contributed by atoms with E-state index >= 15 is 0 Å². The maximum absolute atomic E-state index is 13.3. The maximum Gasteiger partial charge on any atom is 0.437 e. The number of benzene rings is 1. The van der Waals surface area contributed by atoms with Crippen molar-refractivity contribution in [3.8, 4) is 0 Å². The highest BCUT2D eigenvalue weighted by Crippen LogP contribution is 2.38. The largest absolute Gasteiger partial charge is 0.438 e. The monoisotopic (exact) mass is 481 g/mol. The number of oxazole rings is 2. The summed E-state index contributed by atoms with van der Waals surface area (Å²) in [4.78, 5) is 29.2. The normalized spacial score (nSPS) is 16.8. The van der Waals surface area contributed by atoms with Crippen molar-refractivity contribution in [3.63, 3.8) is 0 Å². The van der Waals surface area contributed by atoms with Crippen LogP contribution in [-0.4, -0.2) is 37.3 Å². The van der Waals surface area contributed by atoms with E-state index in [2.05, 4.69) is 35.9 Å². The van der Waals surface area contributed by atoms with E-state index in [1.54, 1.807) is 18.2 Å². The van der Waals surface area contributed by atoms with Crippen LogP contribution in [0.25, 0.3) is 11.1 Å². The van der Waals surface area contributed by atoms with Crippen LogP contribution in [0.2, 0.25) is 0 Å². The number of carbonyl (C=O) groups is 1. The number of amides is 1. The lowest BCUT2D eigenvalue weighted by atomic mass is 10.0. The van der Waals surface area contributed by atoms with Gasteiger partial charge in [-0.2, -0.15) is 13.2 Å². The molecule has 0 aliphatic carbocycles. The maximum atomic E-state index is 13.3. The van der Waals surface area contributed by atoms with E-state index in [0.29, 0.717) is 29.6 Å². The van der Waals surface area contributed by atoms with Crippen LogP contribution < -0.4 is 0 Å². The Morgan fingerprint density at radius 1 is 1.30 bits per heavy atom. The number of hydrogen-bond donors (Lipinski definition) is 1. The smallest absolute Gasteiger partial charge is 0.437 e. The van der Waals surface area contributed by atoms with Crippen LogP contribution in [0, 0.1) is 0 Å². The van der Waals surface area contributed by atoms with Crippen molar-refractivity contribution in [3.05, 3.63) is 64.1 Å². The number of aromatic nitrogens is 4. The molecule has 30 heavy (non-hydrogen) atoms. The quantitative estimate of drug-likeness (QED) is 0.462. The molecule has 0 saturated carbocycles. The van der Waals surface area contributed by atoms with E-state index in [1.807, 2.05) is 0 Å². The van der Waals surface area contributed by atoms with Gasteiger partial charge < -0.3 is 18.7 Å². The lowest BCUT2D eigenvalue weighted by molar-refractivity contribution is -0.141. The summed E-state index contributed by atoms with van der Waals surface area (Å²) >= 11 is 3.35. The minimum Gasteiger partial charge on any atom is -0.438 e. The fourth-order valence-corrected chi connectivity index (χ4v) is 3.85. The summed E-state index contributed by atoms with van der Waals surface area (Å²) in [5.74, 6) is -1.72. The van der Waals surface area contributed by atoms with Crippen LogP contribution in [0.15, 0.2) is 44.2 Å². The minimum absolute atomic E-state index is 0.110. The summed E-state index contributed by atoms with van der Waals surface area (Å²) in [6.45, 7) is 0.110. The van der Waals surface area contributed by atoms with Crippen LogP contribution in [0.5, 0.6) is 0 Å². The van der Waals surface area contributed by atoms with Crippen LogP contribution >= 0.6 is 15.9 Å². The Morgan fingerprint density at radius 2 is 2.13 bits per heavy atom. The zero-order valence-electron chi connectivity index (χ0n) is 14.9. The summed E-state index contributed by atoms with van der Waals surface area (Å²) in [5, 5.41) is 0. The second kappa shape index (κ2) is 6.69. The van der Waals surface area contributed by atoms with Crippen molar-refractivity contribution in [1.82, 2.24) is 24.8 Å². The molecule has 154 valence electrons. The Labute approximate surface area is 174 Å². The third kappa shape index (κ3) is 2.98. The van der Waals surface area contributed by atoms with Crippen molar-refractivity contribution in [2.24, 2.45) is 0 Å². The Kier molecular flexibility index (Phi) is 4.20. The number of nitrogens with zero attached hydrogens (tertiary/aromatic N) is 4. The molecule has 0 bridgehead atoms. The standard InChI is InChI=1S/C18H11BrF3N5O3/c19-8-1-2-9-11(5-8)30-16(26-9)13-12-10(23-6-24-12)3-4-27(13)17(28)14-15(18(20,21)22)25-7-29-14/h1-2,5-7,13H,3-4H2,(H,23,24)/t13-/m0/s1. The zero-order valence-corrected chi connectivity index (χ0v) is 16.5. The average molecular weight is 482 g/mol. The number of aromatic amines is 1. The van der Waals surface area contributed by atoms with Gasteiger partial charge in [0.05, 0.1) is 12.0 Å². The molecule has 4 aromatic rings. The summed E-state index contributed by atoms with van der Waals surface area (Å²) in [5.41, 5.74) is 0.832. The summed E-state index contributed by atoms with van der Waals surface area (Å²) < 4.78 is 51.2. The summed E-state index contributed by atoms with van der Waals surface area (Å²) in [6, 6.07) is 4.29. The molecule has 5 rings (SSSR count). The Balaban J connectivity index is 1.62. The highest BCUT2D eigenvalue weighted by atomic mass is 79.9. The van der Waals surface area contributed by atoms with Gasteiger partial charge in [-0.3, -0.25) is 4.79 Å². The van der Waals surface area contributed by atoms with E-state index in [-0.39, 0.29) is 12.4 Å². The first-order valence-electron chi connectivity index (χ1n) is 8.72. The Hall–Kier alpha value is -3.15. The number of halogens is 4. The summed E-state index contributed by atoms with van der Waals surface area (Å²) in [7, 11) is 0. The lowest BCUT2D eigenvalue weighted by Crippen LogP contribution is -2.41. The van der Waals surface area contributed by atoms with Gasteiger partial charge in [-0.25, -0.2) is 15.0 Å². The van der Waals surface area contributed by atoms with Gasteiger partial charge in [-0.05, 0) is 18.2 Å². The van der Waals surface area contributed by atoms with Crippen molar-refractivity contribution in [1.29, 1.82) is 0 Å². The second-order valence-corrected chi connectivity index (χ2v) is 7.53. The summed E-state index contributed by atoms with van der Waals surface area (Å²) in [6.07, 6.45) is -2.39. The lowest BCUT2D eigenvalue weighted by Gasteiger charge is -2.32. The first-order valence-corrected chi connectivity index (χ1v) is 9.52. The SMILES string of the molecule is O=C(c1ocnc1C(F)(F)F)N1CCc2[nH]cnc2[C@H]1c1nc2ccc(Br)cc2o1. The zero-order chi connectivity index (χ0) is 21.0. The van der Waals surface area contributed by atoms with Gasteiger partial charge in [-0.15, -0.1) is 0 Å². The molecule has 3 aromatic heterocycles. The van der Waals surface area contributed by atoms with Crippen molar-refractivity contribution in [2.75, 3.05) is 6.54 Å². The van der Waals surface area contributed by atoms with Gasteiger partial charge in [0.15, 0.2) is 23.7 Å². The number of nitrogens with one attached hydrogen (secondary N) is 1. The van der Waals surface area contributed by atoms with E-state index in [4.69, 9.17) is 8.83 Å². The highest BCUT2D eigenvalue weighted by molar-refractivity contribution is 9.10. The molecule has 1 aliphatic rings. The predicted molar refractivity (Wildman–Crippen MR) is 98.4 cm³/mol. The van der Waals surface area contributed by atoms with Crippen molar-refractivity contribution >= 4 is 32.9 Å². The van der Waals surface area contributed by atoms with Gasteiger partial charge in [-0.1, -0.05) is 15.9 Å². The van der Waals surface area contributed by atoms with Crippen LogP contribution in [0.1, 0.15) is 39.6 Å². The average Bonchev–Trinajstić information content (AvgIpc) is 3.43. The number of hydrogen-bond acceptors (Lipinski definition) is 6. The van der Waals surface area contributed by atoms with Crippen molar-refractivity contribution in [2.45, 2.75) is 18.6 Å². The Morgan fingerprint density at radius 3 is 2.93 bits per heavy atom. The number of imidazole rings is 1. The van der Waals surface area contributed by atoms with E-state index in [9.17, 15) is 18.0 Å². The molecule has 4 heterocycles. The van der Waals surface area contributed by atoms with Crippen LogP contribution in [-0.2, 0) is 12.6 Å². The fraction of sp³-hybridized carbons (Fsp3) is 0.222. The molecule has 1 N–H and O–H groups in total. The first-order chi connectivity index (χ1) is 14.3. The van der Waals surface area contributed by atoms with Gasteiger partial charge in [0.2, 0.25) is 11.7 Å². The van der Waals surface area contributed by atoms with E-state index in [0.717, 1.165) is 10.2 Å². The fourth-order valence-electron chi connectivity index (χ4n) is 3.51. The van der Waals surface area contributed by atoms with Gasteiger partial charge >= 0.3 is 6.18 Å². The van der Waals surface area contributed by atoms with Gasteiger partial charge in [0, 0.05) is 23.1 Å². The molecule has 1 aromatic carbocycles. The number of alkyl halides is 3. The molecule has 1 aliphatic heterocycles. The van der Waals surface area contributed by atoms with Gasteiger partial charge in [0.25, 0.3) is 5.91 Å². The molecule has 0 spiro atoms. The molecule has 12 heteroatoms. The third-order valence-corrected chi connectivity index (χ3v) is 5.31.